The van der Waals surface area contributed by atoms with Crippen molar-refractivity contribution < 1.29 is 22.7 Å². The van der Waals surface area contributed by atoms with Crippen LogP contribution >= 0.6 is 0 Å². The lowest BCUT2D eigenvalue weighted by atomic mass is 10.0. The number of rotatable bonds is 4. The summed E-state index contributed by atoms with van der Waals surface area (Å²) < 4.78 is 44.2. The molecule has 154 valence electrons. The van der Waals surface area contributed by atoms with Crippen LogP contribution in [-0.4, -0.2) is 40.3 Å². The number of nitrogens with zero attached hydrogens (tertiary/aromatic N) is 3. The highest BCUT2D eigenvalue weighted by Gasteiger charge is 2.30. The van der Waals surface area contributed by atoms with Gasteiger partial charge in [0.05, 0.1) is 12.1 Å². The maximum atomic E-state index is 12.8. The normalized spacial score (nSPS) is 14.5. The molecule has 0 bridgehead atoms. The van der Waals surface area contributed by atoms with Crippen LogP contribution in [0.1, 0.15) is 21.7 Å². The van der Waals surface area contributed by atoms with E-state index in [9.17, 15) is 18.0 Å². The van der Waals surface area contributed by atoms with Gasteiger partial charge in [0.1, 0.15) is 12.4 Å². The van der Waals surface area contributed by atoms with Crippen molar-refractivity contribution in [1.29, 1.82) is 0 Å². The van der Waals surface area contributed by atoms with E-state index in [1.54, 1.807) is 6.07 Å². The molecule has 4 rings (SSSR count). The molecule has 0 unspecified atom stereocenters. The number of Topliss-reactive ketones (excluding diaryl/α,β-unsaturated/α-hetero) is 1. The summed E-state index contributed by atoms with van der Waals surface area (Å²) in [5.41, 5.74) is 1.64. The van der Waals surface area contributed by atoms with Crippen LogP contribution in [-0.2, 0) is 12.7 Å². The number of carbonyl (C=O) groups is 1. The lowest BCUT2D eigenvalue weighted by molar-refractivity contribution is -0.137. The van der Waals surface area contributed by atoms with Crippen LogP contribution in [0.3, 0.4) is 0 Å². The number of aromatic nitrogens is 2. The minimum atomic E-state index is -4.37. The van der Waals surface area contributed by atoms with Crippen molar-refractivity contribution in [1.82, 2.24) is 14.9 Å². The Morgan fingerprint density at radius 2 is 1.73 bits per heavy atom. The quantitative estimate of drug-likeness (QED) is 0.599. The molecular weight excluding hydrogens is 395 g/mol. The molecular formula is C22H18F3N3O2. The average molecular weight is 413 g/mol. The largest absolute Gasteiger partial charge is 0.492 e. The summed E-state index contributed by atoms with van der Waals surface area (Å²) in [6, 6.07) is 12.2. The van der Waals surface area contributed by atoms with E-state index in [-0.39, 0.29) is 18.2 Å². The number of ketones is 1. The topological polar surface area (TPSA) is 55.3 Å². The van der Waals surface area contributed by atoms with Gasteiger partial charge in [-0.15, -0.1) is 0 Å². The molecule has 0 aliphatic carbocycles. The van der Waals surface area contributed by atoms with Gasteiger partial charge < -0.3 is 4.74 Å². The monoisotopic (exact) mass is 413 g/mol. The molecule has 0 saturated carbocycles. The lowest BCUT2D eigenvalue weighted by Crippen LogP contribution is -2.32. The second kappa shape index (κ2) is 8.23. The summed E-state index contributed by atoms with van der Waals surface area (Å²) in [6.07, 6.45) is -1.32. The second-order valence-electron chi connectivity index (χ2n) is 6.95. The third kappa shape index (κ3) is 4.49. The Labute approximate surface area is 171 Å². The number of hydrogen-bond acceptors (Lipinski definition) is 5. The van der Waals surface area contributed by atoms with E-state index in [4.69, 9.17) is 4.74 Å². The number of halogens is 3. The Morgan fingerprint density at radius 1 is 1.03 bits per heavy atom. The highest BCUT2D eigenvalue weighted by molar-refractivity contribution is 5.94. The highest BCUT2D eigenvalue weighted by atomic mass is 19.4. The van der Waals surface area contributed by atoms with Gasteiger partial charge in [-0.05, 0) is 41.5 Å². The van der Waals surface area contributed by atoms with E-state index in [0.29, 0.717) is 31.0 Å². The van der Waals surface area contributed by atoms with Crippen molar-refractivity contribution in [3.63, 3.8) is 0 Å². The molecule has 0 fully saturated rings. The zero-order valence-corrected chi connectivity index (χ0v) is 15.9. The smallest absolute Gasteiger partial charge is 0.416 e. The van der Waals surface area contributed by atoms with Crippen LogP contribution in [0.15, 0.2) is 60.9 Å². The number of hydrogen-bond donors (Lipinski definition) is 0. The lowest BCUT2D eigenvalue weighted by Gasteiger charge is -2.18. The predicted octanol–water partition coefficient (Wildman–Crippen LogP) is 4.24. The van der Waals surface area contributed by atoms with Crippen LogP contribution in [0.25, 0.3) is 11.1 Å². The molecule has 1 aromatic heterocycles. The van der Waals surface area contributed by atoms with Crippen LogP contribution < -0.4 is 4.74 Å². The van der Waals surface area contributed by atoms with E-state index in [0.717, 1.165) is 23.3 Å². The van der Waals surface area contributed by atoms with Gasteiger partial charge in [0.25, 0.3) is 0 Å². The fourth-order valence-electron chi connectivity index (χ4n) is 3.33. The summed E-state index contributed by atoms with van der Waals surface area (Å²) in [5, 5.41) is 0. The van der Waals surface area contributed by atoms with Crippen LogP contribution in [0.2, 0.25) is 0 Å². The Balaban J connectivity index is 1.54. The van der Waals surface area contributed by atoms with E-state index in [1.807, 2.05) is 23.1 Å². The Morgan fingerprint density at radius 3 is 2.43 bits per heavy atom. The second-order valence-corrected chi connectivity index (χ2v) is 6.95. The van der Waals surface area contributed by atoms with Gasteiger partial charge in [-0.2, -0.15) is 13.2 Å². The first kappa shape index (κ1) is 20.0. The van der Waals surface area contributed by atoms with Crippen molar-refractivity contribution in [3.05, 3.63) is 77.9 Å². The Hall–Kier alpha value is -3.26. The SMILES string of the molecule is O=C(CN1CCOc2ccc(-c3ccc(C(F)(F)F)cc3)cc2C1)c1ncccn1. The van der Waals surface area contributed by atoms with Crippen LogP contribution in [0.5, 0.6) is 5.75 Å². The van der Waals surface area contributed by atoms with Gasteiger partial charge in [0.2, 0.25) is 5.78 Å². The molecule has 0 N–H and O–H groups in total. The summed E-state index contributed by atoms with van der Waals surface area (Å²) in [4.78, 5) is 22.4. The van der Waals surface area contributed by atoms with Crippen molar-refractivity contribution in [3.8, 4) is 16.9 Å². The maximum absolute atomic E-state index is 12.8. The highest BCUT2D eigenvalue weighted by Crippen LogP contribution is 2.33. The maximum Gasteiger partial charge on any atom is 0.416 e. The summed E-state index contributed by atoms with van der Waals surface area (Å²) in [6.45, 7) is 1.61. The Kier molecular flexibility index (Phi) is 5.50. The van der Waals surface area contributed by atoms with E-state index >= 15 is 0 Å². The number of benzene rings is 2. The fourth-order valence-corrected chi connectivity index (χ4v) is 3.33. The third-order valence-corrected chi connectivity index (χ3v) is 4.85. The molecule has 0 atom stereocenters. The van der Waals surface area contributed by atoms with E-state index in [2.05, 4.69) is 9.97 Å². The average Bonchev–Trinajstić information content (AvgIpc) is 2.95. The minimum absolute atomic E-state index is 0.150. The molecule has 3 aromatic rings. The zero-order chi connectivity index (χ0) is 21.1. The van der Waals surface area contributed by atoms with Crippen molar-refractivity contribution in [2.24, 2.45) is 0 Å². The Bertz CT molecular complexity index is 1040. The van der Waals surface area contributed by atoms with Gasteiger partial charge in [-0.25, -0.2) is 9.97 Å². The fraction of sp³-hybridized carbons (Fsp3) is 0.227. The molecule has 0 radical (unpaired) electrons. The third-order valence-electron chi connectivity index (χ3n) is 4.85. The first-order valence-corrected chi connectivity index (χ1v) is 9.36. The van der Waals surface area contributed by atoms with E-state index < -0.39 is 11.7 Å². The van der Waals surface area contributed by atoms with Crippen LogP contribution in [0.4, 0.5) is 13.2 Å². The predicted molar refractivity (Wildman–Crippen MR) is 104 cm³/mol. The number of alkyl halides is 3. The molecule has 2 heterocycles. The molecule has 1 aliphatic heterocycles. The molecule has 30 heavy (non-hydrogen) atoms. The first-order chi connectivity index (χ1) is 14.4. The van der Waals surface area contributed by atoms with Crippen molar-refractivity contribution in [2.45, 2.75) is 12.7 Å². The minimum Gasteiger partial charge on any atom is -0.492 e. The standard InChI is InChI=1S/C22H18F3N3O2/c23-22(24,25)18-5-2-15(3-6-18)16-4-7-20-17(12-16)13-28(10-11-30-20)14-19(29)21-26-8-1-9-27-21/h1-9,12H,10-11,13-14H2. The molecule has 5 nitrogen and oxygen atoms in total. The number of carbonyl (C=O) groups excluding carboxylic acids is 1. The molecule has 2 aromatic carbocycles. The molecule has 0 spiro atoms. The van der Waals surface area contributed by atoms with Gasteiger partial charge in [0.15, 0.2) is 5.82 Å². The van der Waals surface area contributed by atoms with Gasteiger partial charge in [-0.1, -0.05) is 18.2 Å². The molecule has 0 saturated heterocycles. The van der Waals surface area contributed by atoms with Gasteiger partial charge >= 0.3 is 6.18 Å². The summed E-state index contributed by atoms with van der Waals surface area (Å²) in [7, 11) is 0. The number of fused-ring (bicyclic) bond motifs is 1. The van der Waals surface area contributed by atoms with Gasteiger partial charge in [-0.3, -0.25) is 9.69 Å². The molecule has 0 amide bonds. The summed E-state index contributed by atoms with van der Waals surface area (Å²) in [5.74, 6) is 0.691. The van der Waals surface area contributed by atoms with Gasteiger partial charge in [0, 0.05) is 31.0 Å². The molecule has 8 heteroatoms. The van der Waals surface area contributed by atoms with Crippen LogP contribution in [0, 0.1) is 0 Å². The van der Waals surface area contributed by atoms with Crippen molar-refractivity contribution >= 4 is 5.78 Å². The van der Waals surface area contributed by atoms with Crippen molar-refractivity contribution in [2.75, 3.05) is 19.7 Å². The zero-order valence-electron chi connectivity index (χ0n) is 15.9. The number of ether oxygens (including phenoxy) is 1. The molecule has 1 aliphatic rings. The first-order valence-electron chi connectivity index (χ1n) is 9.36. The summed E-state index contributed by atoms with van der Waals surface area (Å²) >= 11 is 0. The van der Waals surface area contributed by atoms with E-state index in [1.165, 1.54) is 24.5 Å².